The van der Waals surface area contributed by atoms with Crippen molar-refractivity contribution in [1.82, 2.24) is 9.78 Å². The predicted molar refractivity (Wildman–Crippen MR) is 153 cm³/mol. The number of carbonyl (C=O) groups excluding carboxylic acids is 1. The molecule has 0 aliphatic heterocycles. The molecule has 0 bridgehead atoms. The third-order valence-electron chi connectivity index (χ3n) is 5.99. The summed E-state index contributed by atoms with van der Waals surface area (Å²) < 4.78 is 15.3. The highest BCUT2D eigenvalue weighted by Gasteiger charge is 2.11. The second-order valence-electron chi connectivity index (χ2n) is 8.94. The Bertz CT molecular complexity index is 1590. The van der Waals surface area contributed by atoms with E-state index in [0.717, 1.165) is 21.7 Å². The smallest absolute Gasteiger partial charge is 0.248 e. The standard InChI is InChI=1S/C32H26FN3OS/c1-22-8-9-23(2)30(20-22)38-29-17-15-27(16-18-29)34-31(37)19-12-25-21-36(28-6-4-3-5-7-28)35-32(25)24-10-13-26(33)14-11-24/h3-21H,1-2H3,(H,34,37)/b19-12+. The molecule has 0 radical (unpaired) electrons. The summed E-state index contributed by atoms with van der Waals surface area (Å²) in [5, 5.41) is 7.62. The van der Waals surface area contributed by atoms with Crippen LogP contribution in [0, 0.1) is 19.7 Å². The lowest BCUT2D eigenvalue weighted by Gasteiger charge is -2.08. The largest absolute Gasteiger partial charge is 0.323 e. The lowest BCUT2D eigenvalue weighted by molar-refractivity contribution is -0.111. The fourth-order valence-corrected chi connectivity index (χ4v) is 4.95. The van der Waals surface area contributed by atoms with E-state index in [2.05, 4.69) is 37.4 Å². The Labute approximate surface area is 225 Å². The number of hydrogen-bond acceptors (Lipinski definition) is 3. The number of halogens is 1. The molecule has 38 heavy (non-hydrogen) atoms. The number of aromatic nitrogens is 2. The highest BCUT2D eigenvalue weighted by molar-refractivity contribution is 7.99. The van der Waals surface area contributed by atoms with Gasteiger partial charge in [-0.25, -0.2) is 9.07 Å². The zero-order chi connectivity index (χ0) is 26.5. The van der Waals surface area contributed by atoms with E-state index >= 15 is 0 Å². The molecule has 0 aliphatic rings. The molecule has 0 atom stereocenters. The molecule has 4 nitrogen and oxygen atoms in total. The van der Waals surface area contributed by atoms with Crippen LogP contribution < -0.4 is 5.32 Å². The van der Waals surface area contributed by atoms with Gasteiger partial charge in [0.25, 0.3) is 0 Å². The quantitative estimate of drug-likeness (QED) is 0.221. The van der Waals surface area contributed by atoms with Gasteiger partial charge < -0.3 is 5.32 Å². The second-order valence-corrected chi connectivity index (χ2v) is 10.1. The molecular formula is C32H26FN3OS. The summed E-state index contributed by atoms with van der Waals surface area (Å²) >= 11 is 1.70. The van der Waals surface area contributed by atoms with Crippen molar-refractivity contribution in [2.75, 3.05) is 5.32 Å². The summed E-state index contributed by atoms with van der Waals surface area (Å²) in [6.07, 6.45) is 5.07. The first-order valence-electron chi connectivity index (χ1n) is 12.2. The van der Waals surface area contributed by atoms with Crippen molar-refractivity contribution in [2.45, 2.75) is 23.6 Å². The van der Waals surface area contributed by atoms with E-state index in [1.165, 1.54) is 34.2 Å². The third kappa shape index (κ3) is 6.10. The van der Waals surface area contributed by atoms with Gasteiger partial charge in [0, 0.05) is 38.9 Å². The molecule has 4 aromatic carbocycles. The van der Waals surface area contributed by atoms with Crippen molar-refractivity contribution >= 4 is 29.4 Å². The van der Waals surface area contributed by atoms with E-state index in [1.807, 2.05) is 60.8 Å². The van der Waals surface area contributed by atoms with Gasteiger partial charge in [-0.2, -0.15) is 5.10 Å². The summed E-state index contributed by atoms with van der Waals surface area (Å²) in [6, 6.07) is 30.1. The van der Waals surface area contributed by atoms with Crippen molar-refractivity contribution in [1.29, 1.82) is 0 Å². The fourth-order valence-electron chi connectivity index (χ4n) is 3.95. The van der Waals surface area contributed by atoms with Gasteiger partial charge in [-0.05, 0) is 97.8 Å². The van der Waals surface area contributed by atoms with Gasteiger partial charge in [-0.15, -0.1) is 0 Å². The second kappa shape index (κ2) is 11.3. The summed E-state index contributed by atoms with van der Waals surface area (Å²) in [5.41, 5.74) is 6.23. The van der Waals surface area contributed by atoms with Crippen LogP contribution in [0.25, 0.3) is 23.0 Å². The molecule has 0 spiro atoms. The van der Waals surface area contributed by atoms with Gasteiger partial charge in [0.15, 0.2) is 0 Å². The molecule has 6 heteroatoms. The van der Waals surface area contributed by atoms with E-state index in [-0.39, 0.29) is 11.7 Å². The Morgan fingerprint density at radius 2 is 1.66 bits per heavy atom. The first-order valence-corrected chi connectivity index (χ1v) is 13.0. The average molecular weight is 520 g/mol. The normalized spacial score (nSPS) is 11.1. The fraction of sp³-hybridized carbons (Fsp3) is 0.0625. The van der Waals surface area contributed by atoms with Crippen molar-refractivity contribution in [3.8, 4) is 16.9 Å². The number of nitrogens with one attached hydrogen (secondary N) is 1. The lowest BCUT2D eigenvalue weighted by atomic mass is 10.1. The van der Waals surface area contributed by atoms with Crippen LogP contribution in [0.3, 0.4) is 0 Å². The zero-order valence-electron chi connectivity index (χ0n) is 21.1. The van der Waals surface area contributed by atoms with E-state index in [1.54, 1.807) is 34.7 Å². The molecule has 0 fully saturated rings. The van der Waals surface area contributed by atoms with E-state index in [0.29, 0.717) is 11.4 Å². The molecule has 0 saturated carbocycles. The molecule has 1 heterocycles. The van der Waals surface area contributed by atoms with E-state index in [4.69, 9.17) is 5.10 Å². The molecule has 1 aromatic heterocycles. The Morgan fingerprint density at radius 1 is 0.921 bits per heavy atom. The minimum Gasteiger partial charge on any atom is -0.323 e. The summed E-state index contributed by atoms with van der Waals surface area (Å²) in [4.78, 5) is 15.1. The average Bonchev–Trinajstić information content (AvgIpc) is 3.36. The topological polar surface area (TPSA) is 46.9 Å². The lowest BCUT2D eigenvalue weighted by Crippen LogP contribution is -2.07. The Hall–Kier alpha value is -4.42. The summed E-state index contributed by atoms with van der Waals surface area (Å²) in [5.74, 6) is -0.566. The van der Waals surface area contributed by atoms with Crippen molar-refractivity contribution in [3.63, 3.8) is 0 Å². The number of rotatable bonds is 7. The molecule has 1 amide bonds. The number of nitrogens with zero attached hydrogens (tertiary/aromatic N) is 2. The first kappa shape index (κ1) is 25.2. The number of benzene rings is 4. The molecule has 1 N–H and O–H groups in total. The Balaban J connectivity index is 1.32. The molecular weight excluding hydrogens is 493 g/mol. The van der Waals surface area contributed by atoms with Crippen LogP contribution in [-0.2, 0) is 4.79 Å². The molecule has 0 aliphatic carbocycles. The Morgan fingerprint density at radius 3 is 2.39 bits per heavy atom. The van der Waals surface area contributed by atoms with Crippen LogP contribution in [0.2, 0.25) is 0 Å². The summed E-state index contributed by atoms with van der Waals surface area (Å²) in [7, 11) is 0. The number of para-hydroxylation sites is 1. The van der Waals surface area contributed by atoms with Crippen molar-refractivity contribution < 1.29 is 9.18 Å². The third-order valence-corrected chi connectivity index (χ3v) is 7.16. The maximum Gasteiger partial charge on any atom is 0.248 e. The summed E-state index contributed by atoms with van der Waals surface area (Å²) in [6.45, 7) is 4.19. The molecule has 5 aromatic rings. The predicted octanol–water partition coefficient (Wildman–Crippen LogP) is 8.10. The van der Waals surface area contributed by atoms with Gasteiger partial charge >= 0.3 is 0 Å². The van der Waals surface area contributed by atoms with Crippen molar-refractivity contribution in [3.05, 3.63) is 132 Å². The van der Waals surface area contributed by atoms with Crippen LogP contribution in [0.5, 0.6) is 0 Å². The number of amides is 1. The highest BCUT2D eigenvalue weighted by Crippen LogP contribution is 2.31. The van der Waals surface area contributed by atoms with Crippen LogP contribution in [0.1, 0.15) is 16.7 Å². The SMILES string of the molecule is Cc1ccc(C)c(Sc2ccc(NC(=O)/C=C/c3cn(-c4ccccc4)nc3-c3ccc(F)cc3)cc2)c1. The van der Waals surface area contributed by atoms with Gasteiger partial charge in [-0.1, -0.05) is 42.1 Å². The Kier molecular flexibility index (Phi) is 7.52. The molecule has 188 valence electrons. The van der Waals surface area contributed by atoms with E-state index in [9.17, 15) is 9.18 Å². The molecule has 5 rings (SSSR count). The minimum atomic E-state index is -0.314. The van der Waals surface area contributed by atoms with Gasteiger partial charge in [-0.3, -0.25) is 4.79 Å². The maximum atomic E-state index is 13.5. The molecule has 0 saturated heterocycles. The zero-order valence-corrected chi connectivity index (χ0v) is 21.9. The van der Waals surface area contributed by atoms with Gasteiger partial charge in [0.2, 0.25) is 5.91 Å². The molecule has 0 unspecified atom stereocenters. The van der Waals surface area contributed by atoms with Crippen LogP contribution in [0.15, 0.2) is 119 Å². The van der Waals surface area contributed by atoms with Crippen LogP contribution in [-0.4, -0.2) is 15.7 Å². The minimum absolute atomic E-state index is 0.252. The van der Waals surface area contributed by atoms with Gasteiger partial charge in [0.05, 0.1) is 11.4 Å². The van der Waals surface area contributed by atoms with Gasteiger partial charge in [0.1, 0.15) is 5.82 Å². The monoisotopic (exact) mass is 519 g/mol. The van der Waals surface area contributed by atoms with Crippen LogP contribution >= 0.6 is 11.8 Å². The number of carbonyl (C=O) groups is 1. The van der Waals surface area contributed by atoms with Crippen LogP contribution in [0.4, 0.5) is 10.1 Å². The number of anilines is 1. The maximum absolute atomic E-state index is 13.5. The number of aryl methyl sites for hydroxylation is 2. The van der Waals surface area contributed by atoms with E-state index < -0.39 is 0 Å². The van der Waals surface area contributed by atoms with Crippen molar-refractivity contribution in [2.24, 2.45) is 0 Å². The first-order chi connectivity index (χ1) is 18.4. The number of hydrogen-bond donors (Lipinski definition) is 1. The highest BCUT2D eigenvalue weighted by atomic mass is 32.2.